The maximum atomic E-state index is 10.8. The van der Waals surface area contributed by atoms with Crippen molar-refractivity contribution >= 4 is 0 Å². The number of aliphatic hydroxyl groups is 1. The first-order chi connectivity index (χ1) is 7.27. The molecular formula is C14H18O. The first kappa shape index (κ1) is 10.4. The third kappa shape index (κ3) is 1.84. The molecule has 1 nitrogen and oxygen atoms in total. The first-order valence-corrected chi connectivity index (χ1v) is 5.72. The number of allylic oxidation sites excluding steroid dienone is 6. The fourth-order valence-corrected chi connectivity index (χ4v) is 2.40. The first-order valence-electron chi connectivity index (χ1n) is 5.72. The van der Waals surface area contributed by atoms with E-state index in [0.29, 0.717) is 0 Å². The summed E-state index contributed by atoms with van der Waals surface area (Å²) in [5.74, 6) is 0. The third-order valence-corrected chi connectivity index (χ3v) is 3.22. The molecule has 2 rings (SSSR count). The van der Waals surface area contributed by atoms with Crippen molar-refractivity contribution < 1.29 is 5.11 Å². The topological polar surface area (TPSA) is 20.2 Å². The highest BCUT2D eigenvalue weighted by molar-refractivity contribution is 5.43. The lowest BCUT2D eigenvalue weighted by Crippen LogP contribution is -2.32. The normalized spacial score (nSPS) is 19.6. The van der Waals surface area contributed by atoms with E-state index < -0.39 is 5.60 Å². The number of rotatable bonds is 4. The van der Waals surface area contributed by atoms with Gasteiger partial charge in [0.15, 0.2) is 0 Å². The predicted octanol–water partition coefficient (Wildman–Crippen LogP) is 3.29. The maximum absolute atomic E-state index is 10.8. The molecule has 1 N–H and O–H groups in total. The van der Waals surface area contributed by atoms with Gasteiger partial charge in [-0.1, -0.05) is 49.8 Å². The Morgan fingerprint density at radius 1 is 1.13 bits per heavy atom. The molecule has 1 heteroatoms. The summed E-state index contributed by atoms with van der Waals surface area (Å²) in [7, 11) is 0. The van der Waals surface area contributed by atoms with E-state index in [1.807, 2.05) is 12.2 Å². The molecule has 0 heterocycles. The fraction of sp³-hybridized carbons (Fsp3) is 0.429. The van der Waals surface area contributed by atoms with Crippen molar-refractivity contribution in [3.05, 3.63) is 47.6 Å². The second-order valence-electron chi connectivity index (χ2n) is 4.26. The molecule has 0 amide bonds. The monoisotopic (exact) mass is 202 g/mol. The standard InChI is InChI=1S/C14H18O/c1-2-11-14(15,12-7-3-4-8-12)13-9-5-6-10-13/h3-7,9,15H,2,8,10-11H2,1H3. The van der Waals surface area contributed by atoms with Gasteiger partial charge in [0.2, 0.25) is 0 Å². The minimum absolute atomic E-state index is 0.693. The Balaban J connectivity index is 2.23. The lowest BCUT2D eigenvalue weighted by molar-refractivity contribution is 0.103. The van der Waals surface area contributed by atoms with Crippen LogP contribution in [0.4, 0.5) is 0 Å². The molecule has 0 unspecified atom stereocenters. The molecule has 0 aromatic rings. The Kier molecular flexibility index (Phi) is 2.92. The van der Waals surface area contributed by atoms with Gasteiger partial charge in [0.1, 0.15) is 5.60 Å². The van der Waals surface area contributed by atoms with Crippen molar-refractivity contribution in [1.82, 2.24) is 0 Å². The third-order valence-electron chi connectivity index (χ3n) is 3.22. The van der Waals surface area contributed by atoms with Crippen LogP contribution in [-0.4, -0.2) is 10.7 Å². The van der Waals surface area contributed by atoms with Crippen LogP contribution in [0, 0.1) is 0 Å². The van der Waals surface area contributed by atoms with Crippen LogP contribution in [0.3, 0.4) is 0 Å². The van der Waals surface area contributed by atoms with Crippen molar-refractivity contribution in [2.75, 3.05) is 0 Å². The largest absolute Gasteiger partial charge is 0.381 e. The average molecular weight is 202 g/mol. The van der Waals surface area contributed by atoms with Crippen molar-refractivity contribution in [3.63, 3.8) is 0 Å². The molecule has 0 spiro atoms. The molecule has 80 valence electrons. The van der Waals surface area contributed by atoms with Crippen molar-refractivity contribution in [3.8, 4) is 0 Å². The van der Waals surface area contributed by atoms with Crippen molar-refractivity contribution in [2.24, 2.45) is 0 Å². The van der Waals surface area contributed by atoms with Crippen LogP contribution < -0.4 is 0 Å². The van der Waals surface area contributed by atoms with Gasteiger partial charge in [-0.15, -0.1) is 0 Å². The highest BCUT2D eigenvalue weighted by atomic mass is 16.3. The molecular weight excluding hydrogens is 184 g/mol. The molecule has 15 heavy (non-hydrogen) atoms. The van der Waals surface area contributed by atoms with Crippen LogP contribution in [0.5, 0.6) is 0 Å². The van der Waals surface area contributed by atoms with Crippen LogP contribution >= 0.6 is 0 Å². The summed E-state index contributed by atoms with van der Waals surface area (Å²) < 4.78 is 0. The molecule has 0 radical (unpaired) electrons. The Labute approximate surface area is 91.5 Å². The van der Waals surface area contributed by atoms with Crippen LogP contribution in [-0.2, 0) is 0 Å². The zero-order valence-corrected chi connectivity index (χ0v) is 9.24. The number of hydrogen-bond acceptors (Lipinski definition) is 1. The van der Waals surface area contributed by atoms with E-state index >= 15 is 0 Å². The van der Waals surface area contributed by atoms with E-state index in [-0.39, 0.29) is 0 Å². The molecule has 0 saturated heterocycles. The Hall–Kier alpha value is -1.08. The van der Waals surface area contributed by atoms with Crippen LogP contribution in [0.2, 0.25) is 0 Å². The van der Waals surface area contributed by atoms with Gasteiger partial charge in [-0.05, 0) is 30.4 Å². The van der Waals surface area contributed by atoms with Gasteiger partial charge < -0.3 is 5.11 Å². The lowest BCUT2D eigenvalue weighted by atomic mass is 9.81. The summed E-state index contributed by atoms with van der Waals surface area (Å²) in [6, 6.07) is 0. The second-order valence-corrected chi connectivity index (χ2v) is 4.26. The molecule has 0 aromatic heterocycles. The lowest BCUT2D eigenvalue weighted by Gasteiger charge is -2.31. The van der Waals surface area contributed by atoms with Gasteiger partial charge in [-0.25, -0.2) is 0 Å². The van der Waals surface area contributed by atoms with Crippen LogP contribution in [0.25, 0.3) is 0 Å². The van der Waals surface area contributed by atoms with E-state index in [9.17, 15) is 5.11 Å². The summed E-state index contributed by atoms with van der Waals surface area (Å²) in [4.78, 5) is 0. The fourth-order valence-electron chi connectivity index (χ4n) is 2.40. The zero-order chi connectivity index (χ0) is 10.7. The Bertz CT molecular complexity index is 326. The molecule has 0 aromatic carbocycles. The highest BCUT2D eigenvalue weighted by Crippen LogP contribution is 2.38. The smallest absolute Gasteiger partial charge is 0.108 e. The molecule has 0 aliphatic heterocycles. The minimum atomic E-state index is -0.693. The van der Waals surface area contributed by atoms with E-state index in [4.69, 9.17) is 0 Å². The SMILES string of the molecule is CCCC(O)(C1=CC=CC1)C1=CC=CC1. The van der Waals surface area contributed by atoms with E-state index in [1.54, 1.807) is 0 Å². The minimum Gasteiger partial charge on any atom is -0.381 e. The maximum Gasteiger partial charge on any atom is 0.108 e. The van der Waals surface area contributed by atoms with Gasteiger partial charge in [-0.2, -0.15) is 0 Å². The predicted molar refractivity (Wildman–Crippen MR) is 63.5 cm³/mol. The van der Waals surface area contributed by atoms with E-state index in [1.165, 1.54) is 0 Å². The van der Waals surface area contributed by atoms with Gasteiger partial charge in [-0.3, -0.25) is 0 Å². The molecule has 0 bridgehead atoms. The molecule has 2 aliphatic rings. The van der Waals surface area contributed by atoms with Gasteiger partial charge in [0.25, 0.3) is 0 Å². The molecule has 0 saturated carbocycles. The quantitative estimate of drug-likeness (QED) is 0.741. The second kappa shape index (κ2) is 4.19. The van der Waals surface area contributed by atoms with Crippen LogP contribution in [0.15, 0.2) is 47.6 Å². The summed E-state index contributed by atoms with van der Waals surface area (Å²) in [6.07, 6.45) is 16.1. The van der Waals surface area contributed by atoms with E-state index in [0.717, 1.165) is 36.8 Å². The van der Waals surface area contributed by atoms with Crippen LogP contribution in [0.1, 0.15) is 32.6 Å². The Morgan fingerprint density at radius 3 is 2.00 bits per heavy atom. The summed E-state index contributed by atoms with van der Waals surface area (Å²) in [5, 5.41) is 10.8. The van der Waals surface area contributed by atoms with E-state index in [2.05, 4.69) is 31.2 Å². The van der Waals surface area contributed by atoms with Gasteiger partial charge >= 0.3 is 0 Å². The zero-order valence-electron chi connectivity index (χ0n) is 9.24. The number of hydrogen-bond donors (Lipinski definition) is 1. The summed E-state index contributed by atoms with van der Waals surface area (Å²) in [6.45, 7) is 2.12. The van der Waals surface area contributed by atoms with Crippen molar-refractivity contribution in [2.45, 2.75) is 38.2 Å². The molecule has 0 atom stereocenters. The summed E-state index contributed by atoms with van der Waals surface area (Å²) in [5.41, 5.74) is 1.61. The van der Waals surface area contributed by atoms with Crippen molar-refractivity contribution in [1.29, 1.82) is 0 Å². The van der Waals surface area contributed by atoms with Gasteiger partial charge in [0.05, 0.1) is 0 Å². The van der Waals surface area contributed by atoms with Gasteiger partial charge in [0, 0.05) is 0 Å². The average Bonchev–Trinajstić information content (AvgIpc) is 2.92. The molecule has 2 aliphatic carbocycles. The molecule has 0 fully saturated rings. The summed E-state index contributed by atoms with van der Waals surface area (Å²) >= 11 is 0. The highest BCUT2D eigenvalue weighted by Gasteiger charge is 2.34. The Morgan fingerprint density at radius 2 is 1.67 bits per heavy atom.